The molecule has 1 aromatic heterocycles. The van der Waals surface area contributed by atoms with Crippen LogP contribution in [0.2, 0.25) is 0 Å². The molecule has 0 saturated carbocycles. The van der Waals surface area contributed by atoms with Crippen LogP contribution >= 0.6 is 0 Å². The van der Waals surface area contributed by atoms with E-state index in [9.17, 15) is 9.50 Å². The monoisotopic (exact) mass is 305 g/mol. The number of hydrogen-bond donors (Lipinski definition) is 3. The van der Waals surface area contributed by atoms with E-state index in [4.69, 9.17) is 0 Å². The lowest BCUT2D eigenvalue weighted by Crippen LogP contribution is -2.35. The van der Waals surface area contributed by atoms with Gasteiger partial charge in [0.15, 0.2) is 0 Å². The highest BCUT2D eigenvalue weighted by Crippen LogP contribution is 2.24. The highest BCUT2D eigenvalue weighted by Gasteiger charge is 2.24. The molecule has 5 heteroatoms. The minimum Gasteiger partial charge on any atom is -0.384 e. The summed E-state index contributed by atoms with van der Waals surface area (Å²) in [6.45, 7) is 9.07. The van der Waals surface area contributed by atoms with Gasteiger partial charge in [0.1, 0.15) is 5.82 Å². The average Bonchev–Trinajstić information content (AvgIpc) is 2.87. The van der Waals surface area contributed by atoms with Crippen LogP contribution in [0.1, 0.15) is 44.5 Å². The maximum absolute atomic E-state index is 13.0. The van der Waals surface area contributed by atoms with Crippen LogP contribution in [0.4, 0.5) is 4.39 Å². The van der Waals surface area contributed by atoms with E-state index < -0.39 is 5.60 Å². The fourth-order valence-electron chi connectivity index (χ4n) is 2.45. The molecule has 4 nitrogen and oxygen atoms in total. The van der Waals surface area contributed by atoms with Crippen molar-refractivity contribution >= 4 is 0 Å². The van der Waals surface area contributed by atoms with E-state index in [0.717, 1.165) is 11.3 Å². The Balaban J connectivity index is 1.99. The van der Waals surface area contributed by atoms with E-state index in [-0.39, 0.29) is 11.2 Å². The summed E-state index contributed by atoms with van der Waals surface area (Å²) in [6, 6.07) is 5.93. The second-order valence-corrected chi connectivity index (χ2v) is 6.90. The van der Waals surface area contributed by atoms with E-state index >= 15 is 0 Å². The van der Waals surface area contributed by atoms with Gasteiger partial charge < -0.3 is 10.4 Å². The summed E-state index contributed by atoms with van der Waals surface area (Å²) >= 11 is 0. The minimum absolute atomic E-state index is 0.00696. The van der Waals surface area contributed by atoms with Gasteiger partial charge in [0, 0.05) is 29.8 Å². The van der Waals surface area contributed by atoms with Crippen molar-refractivity contribution in [2.24, 2.45) is 0 Å². The number of hydrogen-bond acceptors (Lipinski definition) is 3. The molecule has 1 unspecified atom stereocenters. The fourth-order valence-corrected chi connectivity index (χ4v) is 2.45. The molecular weight excluding hydrogens is 281 g/mol. The Morgan fingerprint density at radius 1 is 1.18 bits per heavy atom. The molecule has 1 aromatic carbocycles. The van der Waals surface area contributed by atoms with E-state index in [1.807, 2.05) is 0 Å². The van der Waals surface area contributed by atoms with E-state index in [1.165, 1.54) is 12.1 Å². The maximum Gasteiger partial charge on any atom is 0.123 e. The molecule has 0 saturated heterocycles. The first kappa shape index (κ1) is 16.6. The van der Waals surface area contributed by atoms with Gasteiger partial charge in [-0.25, -0.2) is 4.39 Å². The second kappa shape index (κ2) is 6.18. The zero-order valence-corrected chi connectivity index (χ0v) is 13.6. The van der Waals surface area contributed by atoms with Gasteiger partial charge in [-0.3, -0.25) is 5.10 Å². The maximum atomic E-state index is 13.0. The van der Waals surface area contributed by atoms with Gasteiger partial charge in [0.2, 0.25) is 0 Å². The number of nitrogens with one attached hydrogen (secondary N) is 2. The van der Waals surface area contributed by atoms with Gasteiger partial charge in [-0.05, 0) is 24.6 Å². The lowest BCUT2D eigenvalue weighted by Gasteiger charge is -2.25. The Bertz CT molecular complexity index is 612. The molecule has 120 valence electrons. The summed E-state index contributed by atoms with van der Waals surface area (Å²) in [5.74, 6) is -0.305. The number of aromatic amines is 1. The third-order valence-corrected chi connectivity index (χ3v) is 3.72. The number of rotatable bonds is 5. The standard InChI is InChI=1S/C17H24FN3O/c1-16(2,3)15-12(10-20-21-15)9-19-11-17(4,22)13-5-7-14(18)8-6-13/h5-8,10,19,22H,9,11H2,1-4H3,(H,20,21). The van der Waals surface area contributed by atoms with E-state index in [1.54, 1.807) is 25.3 Å². The van der Waals surface area contributed by atoms with Crippen LogP contribution in [0.25, 0.3) is 0 Å². The molecule has 0 amide bonds. The van der Waals surface area contributed by atoms with Crippen LogP contribution in [0.3, 0.4) is 0 Å². The van der Waals surface area contributed by atoms with Crippen molar-refractivity contribution in [2.45, 2.75) is 45.3 Å². The van der Waals surface area contributed by atoms with Crippen molar-refractivity contribution in [2.75, 3.05) is 6.54 Å². The Morgan fingerprint density at radius 3 is 2.41 bits per heavy atom. The fraction of sp³-hybridized carbons (Fsp3) is 0.471. The SMILES string of the molecule is CC(C)(C)c1[nH]ncc1CNCC(C)(O)c1ccc(F)cc1. The Morgan fingerprint density at radius 2 is 1.82 bits per heavy atom. The smallest absolute Gasteiger partial charge is 0.123 e. The summed E-state index contributed by atoms with van der Waals surface area (Å²) < 4.78 is 13.0. The lowest BCUT2D eigenvalue weighted by atomic mass is 9.89. The zero-order valence-electron chi connectivity index (χ0n) is 13.6. The number of aromatic nitrogens is 2. The zero-order chi connectivity index (χ0) is 16.4. The Hall–Kier alpha value is -1.72. The number of H-pyrrole nitrogens is 1. The van der Waals surface area contributed by atoms with Gasteiger partial charge in [-0.15, -0.1) is 0 Å². The third kappa shape index (κ3) is 3.93. The summed E-state index contributed by atoms with van der Waals surface area (Å²) in [5.41, 5.74) is 1.79. The largest absolute Gasteiger partial charge is 0.384 e. The predicted molar refractivity (Wildman–Crippen MR) is 85.0 cm³/mol. The molecule has 0 aliphatic heterocycles. The number of aliphatic hydroxyl groups is 1. The molecule has 0 spiro atoms. The topological polar surface area (TPSA) is 60.9 Å². The van der Waals surface area contributed by atoms with Crippen LogP contribution in [-0.2, 0) is 17.6 Å². The summed E-state index contributed by atoms with van der Waals surface area (Å²) in [6.07, 6.45) is 1.81. The molecule has 2 aromatic rings. The van der Waals surface area contributed by atoms with Crippen molar-refractivity contribution < 1.29 is 9.50 Å². The summed E-state index contributed by atoms with van der Waals surface area (Å²) in [5, 5.41) is 20.9. The molecule has 0 fully saturated rings. The molecule has 22 heavy (non-hydrogen) atoms. The van der Waals surface area contributed by atoms with Crippen molar-refractivity contribution in [3.8, 4) is 0 Å². The van der Waals surface area contributed by atoms with Crippen LogP contribution in [0.5, 0.6) is 0 Å². The molecule has 0 aliphatic carbocycles. The predicted octanol–water partition coefficient (Wildman–Crippen LogP) is 2.84. The van der Waals surface area contributed by atoms with Gasteiger partial charge in [-0.1, -0.05) is 32.9 Å². The normalized spacial score (nSPS) is 14.8. The molecule has 1 heterocycles. The van der Waals surface area contributed by atoms with Crippen molar-refractivity contribution in [1.82, 2.24) is 15.5 Å². The highest BCUT2D eigenvalue weighted by atomic mass is 19.1. The lowest BCUT2D eigenvalue weighted by molar-refractivity contribution is 0.0566. The molecule has 0 radical (unpaired) electrons. The average molecular weight is 305 g/mol. The highest BCUT2D eigenvalue weighted by molar-refractivity contribution is 5.24. The Kier molecular flexibility index (Phi) is 4.68. The van der Waals surface area contributed by atoms with Crippen molar-refractivity contribution in [3.05, 3.63) is 53.1 Å². The van der Waals surface area contributed by atoms with Gasteiger partial charge in [-0.2, -0.15) is 5.10 Å². The van der Waals surface area contributed by atoms with E-state index in [2.05, 4.69) is 36.3 Å². The van der Waals surface area contributed by atoms with Gasteiger partial charge in [0.05, 0.1) is 11.8 Å². The molecule has 3 N–H and O–H groups in total. The van der Waals surface area contributed by atoms with E-state index in [0.29, 0.717) is 18.7 Å². The first-order valence-electron chi connectivity index (χ1n) is 7.42. The summed E-state index contributed by atoms with van der Waals surface area (Å²) in [7, 11) is 0. The van der Waals surface area contributed by atoms with Crippen LogP contribution in [0.15, 0.2) is 30.5 Å². The molecule has 2 rings (SSSR count). The number of benzene rings is 1. The van der Waals surface area contributed by atoms with Gasteiger partial charge >= 0.3 is 0 Å². The minimum atomic E-state index is -1.06. The van der Waals surface area contributed by atoms with Crippen molar-refractivity contribution in [1.29, 1.82) is 0 Å². The molecule has 1 atom stereocenters. The number of halogens is 1. The number of nitrogens with zero attached hydrogens (tertiary/aromatic N) is 1. The van der Waals surface area contributed by atoms with Crippen LogP contribution in [-0.4, -0.2) is 21.8 Å². The van der Waals surface area contributed by atoms with Gasteiger partial charge in [0.25, 0.3) is 0 Å². The second-order valence-electron chi connectivity index (χ2n) is 6.90. The summed E-state index contributed by atoms with van der Waals surface area (Å²) in [4.78, 5) is 0. The molecule has 0 aliphatic rings. The third-order valence-electron chi connectivity index (χ3n) is 3.72. The van der Waals surface area contributed by atoms with Crippen LogP contribution < -0.4 is 5.32 Å². The molecule has 0 bridgehead atoms. The Labute approximate surface area is 130 Å². The molecular formula is C17H24FN3O. The quantitative estimate of drug-likeness (QED) is 0.796. The van der Waals surface area contributed by atoms with Crippen molar-refractivity contribution in [3.63, 3.8) is 0 Å². The van der Waals surface area contributed by atoms with Crippen LogP contribution in [0, 0.1) is 5.82 Å². The first-order valence-corrected chi connectivity index (χ1v) is 7.42. The first-order chi connectivity index (χ1) is 10.2.